The van der Waals surface area contributed by atoms with Crippen molar-refractivity contribution in [1.82, 2.24) is 10.9 Å². The van der Waals surface area contributed by atoms with Crippen LogP contribution >= 0.6 is 0 Å². The molecular weight excluding hydrogens is 306 g/mol. The molecule has 6 nitrogen and oxygen atoms in total. The molecule has 0 saturated heterocycles. The van der Waals surface area contributed by atoms with E-state index in [0.29, 0.717) is 23.9 Å². The van der Waals surface area contributed by atoms with Crippen molar-refractivity contribution < 1.29 is 14.3 Å². The third-order valence-electron chi connectivity index (χ3n) is 3.68. The van der Waals surface area contributed by atoms with Crippen LogP contribution in [0, 0.1) is 0 Å². The molecule has 0 aromatic heterocycles. The lowest BCUT2D eigenvalue weighted by molar-refractivity contribution is -0.122. The number of methoxy groups -OCH3 is 1. The lowest BCUT2D eigenvalue weighted by Gasteiger charge is -2.20. The molecule has 0 radical (unpaired) electrons. The number of aliphatic imine (C=N–C) groups is 1. The zero-order valence-electron chi connectivity index (χ0n) is 13.6. The third kappa shape index (κ3) is 3.48. The minimum atomic E-state index is -0.429. The van der Waals surface area contributed by atoms with Gasteiger partial charge in [0.15, 0.2) is 11.5 Å². The first-order chi connectivity index (χ1) is 11.7. The van der Waals surface area contributed by atoms with Crippen molar-refractivity contribution in [3.05, 3.63) is 59.7 Å². The predicted octanol–water partition coefficient (Wildman–Crippen LogP) is 2.04. The standard InChI is InChI=1S/C18H19N3O3/c1-12-18(22)21-20-17(19-12)14-8-9-15(16(10-14)23-2)24-11-13-6-4-3-5-7-13/h3-10,12H,11H2,1-2H3,(H,19,20)(H,21,22). The molecule has 6 heteroatoms. The van der Waals surface area contributed by atoms with Crippen molar-refractivity contribution in [3.8, 4) is 11.5 Å². The van der Waals surface area contributed by atoms with Crippen molar-refractivity contribution in [2.75, 3.05) is 7.11 Å². The van der Waals surface area contributed by atoms with Crippen LogP contribution in [0.25, 0.3) is 0 Å². The highest BCUT2D eigenvalue weighted by molar-refractivity contribution is 6.03. The normalized spacial score (nSPS) is 16.7. The number of nitrogens with one attached hydrogen (secondary N) is 2. The maximum absolute atomic E-state index is 11.4. The monoisotopic (exact) mass is 325 g/mol. The van der Waals surface area contributed by atoms with E-state index >= 15 is 0 Å². The van der Waals surface area contributed by atoms with Crippen molar-refractivity contribution in [3.63, 3.8) is 0 Å². The summed E-state index contributed by atoms with van der Waals surface area (Å²) in [5.74, 6) is 1.69. The van der Waals surface area contributed by atoms with Crippen molar-refractivity contribution in [1.29, 1.82) is 0 Å². The smallest absolute Gasteiger partial charge is 0.262 e. The van der Waals surface area contributed by atoms with Crippen LogP contribution in [-0.4, -0.2) is 24.9 Å². The maximum Gasteiger partial charge on any atom is 0.262 e. The molecule has 1 amide bonds. The van der Waals surface area contributed by atoms with Crippen LogP contribution in [0.2, 0.25) is 0 Å². The molecule has 2 N–H and O–H groups in total. The Morgan fingerprint density at radius 2 is 1.88 bits per heavy atom. The minimum Gasteiger partial charge on any atom is -0.493 e. The second-order valence-electron chi connectivity index (χ2n) is 5.41. The molecule has 1 aliphatic rings. The van der Waals surface area contributed by atoms with Crippen LogP contribution in [0.4, 0.5) is 0 Å². The Balaban J connectivity index is 1.78. The Morgan fingerprint density at radius 1 is 1.08 bits per heavy atom. The van der Waals surface area contributed by atoms with Crippen LogP contribution in [0.5, 0.6) is 11.5 Å². The Bertz CT molecular complexity index is 759. The van der Waals surface area contributed by atoms with Crippen LogP contribution in [0.15, 0.2) is 53.5 Å². The summed E-state index contributed by atoms with van der Waals surface area (Å²) in [6.45, 7) is 2.20. The van der Waals surface area contributed by atoms with Crippen LogP contribution in [0.3, 0.4) is 0 Å². The van der Waals surface area contributed by atoms with E-state index in [-0.39, 0.29) is 5.91 Å². The van der Waals surface area contributed by atoms with Gasteiger partial charge in [-0.05, 0) is 30.7 Å². The molecule has 3 rings (SSSR count). The fraction of sp³-hybridized carbons (Fsp3) is 0.222. The summed E-state index contributed by atoms with van der Waals surface area (Å²) in [6, 6.07) is 15.0. The lowest BCUT2D eigenvalue weighted by atomic mass is 10.1. The van der Waals surface area contributed by atoms with Gasteiger partial charge in [-0.25, -0.2) is 0 Å². The summed E-state index contributed by atoms with van der Waals surface area (Å²) in [7, 11) is 1.59. The molecule has 1 heterocycles. The Kier molecular flexibility index (Phi) is 4.65. The average molecular weight is 325 g/mol. The molecule has 0 spiro atoms. The number of hydrogen-bond acceptors (Lipinski definition) is 5. The van der Waals surface area contributed by atoms with E-state index in [0.717, 1.165) is 11.1 Å². The van der Waals surface area contributed by atoms with Gasteiger partial charge in [-0.2, -0.15) is 0 Å². The predicted molar refractivity (Wildman–Crippen MR) is 91.0 cm³/mol. The largest absolute Gasteiger partial charge is 0.493 e. The first-order valence-electron chi connectivity index (χ1n) is 7.66. The first-order valence-corrected chi connectivity index (χ1v) is 7.66. The topological polar surface area (TPSA) is 72.0 Å². The molecule has 1 atom stereocenters. The summed E-state index contributed by atoms with van der Waals surface area (Å²) in [4.78, 5) is 15.8. The van der Waals surface area contributed by atoms with E-state index in [4.69, 9.17) is 9.47 Å². The quantitative estimate of drug-likeness (QED) is 0.882. The summed E-state index contributed by atoms with van der Waals surface area (Å²) in [5.41, 5.74) is 7.28. The molecule has 0 saturated carbocycles. The number of nitrogens with zero attached hydrogens (tertiary/aromatic N) is 1. The number of amidine groups is 1. The Morgan fingerprint density at radius 3 is 2.58 bits per heavy atom. The van der Waals surface area contributed by atoms with Crippen LogP contribution in [0.1, 0.15) is 18.1 Å². The number of rotatable bonds is 5. The van der Waals surface area contributed by atoms with Gasteiger partial charge in [0.25, 0.3) is 5.91 Å². The van der Waals surface area contributed by atoms with Gasteiger partial charge in [0.2, 0.25) is 0 Å². The SMILES string of the molecule is COc1cc(C2=NC(C)C(=O)NN2)ccc1OCc1ccccc1. The zero-order valence-corrected chi connectivity index (χ0v) is 13.6. The third-order valence-corrected chi connectivity index (χ3v) is 3.68. The van der Waals surface area contributed by atoms with Gasteiger partial charge in [-0.1, -0.05) is 30.3 Å². The molecule has 1 aliphatic heterocycles. The maximum atomic E-state index is 11.4. The minimum absolute atomic E-state index is 0.159. The van der Waals surface area contributed by atoms with Crippen molar-refractivity contribution in [2.45, 2.75) is 19.6 Å². The van der Waals surface area contributed by atoms with E-state index in [1.54, 1.807) is 14.0 Å². The van der Waals surface area contributed by atoms with Gasteiger partial charge in [-0.3, -0.25) is 20.6 Å². The molecule has 0 aliphatic carbocycles. The van der Waals surface area contributed by atoms with Gasteiger partial charge >= 0.3 is 0 Å². The second-order valence-corrected chi connectivity index (χ2v) is 5.41. The average Bonchev–Trinajstić information content (AvgIpc) is 2.63. The van der Waals surface area contributed by atoms with E-state index in [2.05, 4.69) is 15.8 Å². The van der Waals surface area contributed by atoms with Crippen LogP contribution < -0.4 is 20.3 Å². The molecule has 0 fully saturated rings. The van der Waals surface area contributed by atoms with Gasteiger partial charge in [0.05, 0.1) is 7.11 Å². The van der Waals surface area contributed by atoms with Crippen molar-refractivity contribution >= 4 is 11.7 Å². The van der Waals surface area contributed by atoms with Gasteiger partial charge < -0.3 is 9.47 Å². The number of hydrazine groups is 1. The van der Waals surface area contributed by atoms with E-state index in [9.17, 15) is 4.79 Å². The number of carbonyl (C=O) groups excluding carboxylic acids is 1. The van der Waals surface area contributed by atoms with E-state index in [1.807, 2.05) is 48.5 Å². The number of carbonyl (C=O) groups is 1. The number of ether oxygens (including phenoxy) is 2. The summed E-state index contributed by atoms with van der Waals surface area (Å²) in [6.07, 6.45) is 0. The number of hydrogen-bond donors (Lipinski definition) is 2. The Labute approximate surface area is 140 Å². The second kappa shape index (κ2) is 7.04. The van der Waals surface area contributed by atoms with Gasteiger partial charge in [0, 0.05) is 5.56 Å². The molecular formula is C18H19N3O3. The lowest BCUT2D eigenvalue weighted by Crippen LogP contribution is -2.50. The first kappa shape index (κ1) is 15.9. The fourth-order valence-electron chi connectivity index (χ4n) is 2.33. The van der Waals surface area contributed by atoms with Crippen LogP contribution in [-0.2, 0) is 11.4 Å². The zero-order chi connectivity index (χ0) is 16.9. The molecule has 2 aromatic carbocycles. The highest BCUT2D eigenvalue weighted by Gasteiger charge is 2.20. The number of benzene rings is 2. The molecule has 2 aromatic rings. The summed E-state index contributed by atoms with van der Waals surface area (Å²) < 4.78 is 11.3. The fourth-order valence-corrected chi connectivity index (χ4v) is 2.33. The molecule has 124 valence electrons. The van der Waals surface area contributed by atoms with E-state index in [1.165, 1.54) is 0 Å². The van der Waals surface area contributed by atoms with E-state index < -0.39 is 6.04 Å². The van der Waals surface area contributed by atoms with Gasteiger partial charge in [0.1, 0.15) is 18.5 Å². The molecule has 24 heavy (non-hydrogen) atoms. The highest BCUT2D eigenvalue weighted by atomic mass is 16.5. The summed E-state index contributed by atoms with van der Waals surface area (Å²) >= 11 is 0. The molecule has 0 bridgehead atoms. The number of amides is 1. The van der Waals surface area contributed by atoms with Gasteiger partial charge in [-0.15, -0.1) is 0 Å². The highest BCUT2D eigenvalue weighted by Crippen LogP contribution is 2.29. The Hall–Kier alpha value is -3.02. The van der Waals surface area contributed by atoms with Crippen molar-refractivity contribution in [2.24, 2.45) is 4.99 Å². The summed E-state index contributed by atoms with van der Waals surface area (Å²) in [5, 5.41) is 0. The molecule has 1 unspecified atom stereocenters.